The number of hydrogen-bond donors (Lipinski definition) is 2. The number of nitrogens with one attached hydrogen (secondary N) is 1. The Balaban J connectivity index is 2.07. The number of anilines is 1. The van der Waals surface area contributed by atoms with Crippen LogP contribution in [0, 0.1) is 17.1 Å². The molecule has 0 aliphatic rings. The van der Waals surface area contributed by atoms with Crippen molar-refractivity contribution in [3.63, 3.8) is 0 Å². The summed E-state index contributed by atoms with van der Waals surface area (Å²) in [5.41, 5.74) is -0.199. The molecule has 1 atom stereocenters. The first-order valence-corrected chi connectivity index (χ1v) is 8.32. The van der Waals surface area contributed by atoms with Gasteiger partial charge in [-0.3, -0.25) is 5.32 Å². The fourth-order valence-electron chi connectivity index (χ4n) is 2.02. The fourth-order valence-corrected chi connectivity index (χ4v) is 2.69. The zero-order valence-corrected chi connectivity index (χ0v) is 14.5. The molecule has 1 aromatic heterocycles. The van der Waals surface area contributed by atoms with Crippen LogP contribution in [0.4, 0.5) is 14.3 Å². The number of benzene rings is 1. The second-order valence-electron chi connectivity index (χ2n) is 5.13. The van der Waals surface area contributed by atoms with Crippen LogP contribution in [0.25, 0.3) is 0 Å². The third-order valence-electron chi connectivity index (χ3n) is 3.15. The first-order valence-electron chi connectivity index (χ1n) is 7.50. The third-order valence-corrected chi connectivity index (χ3v) is 3.94. The van der Waals surface area contributed by atoms with Crippen LogP contribution in [-0.2, 0) is 0 Å². The number of amides is 2. The van der Waals surface area contributed by atoms with E-state index in [0.29, 0.717) is 16.7 Å². The topological polar surface area (TPSA) is 98.5 Å². The summed E-state index contributed by atoms with van der Waals surface area (Å²) in [5, 5.41) is 21.6. The van der Waals surface area contributed by atoms with Crippen LogP contribution in [0.5, 0.6) is 10.8 Å². The van der Waals surface area contributed by atoms with Gasteiger partial charge in [0.2, 0.25) is 5.06 Å². The Morgan fingerprint density at radius 1 is 1.60 bits per heavy atom. The minimum Gasteiger partial charge on any atom is -0.443 e. The molecule has 7 nitrogen and oxygen atoms in total. The van der Waals surface area contributed by atoms with E-state index < -0.39 is 18.0 Å². The second-order valence-corrected chi connectivity index (χ2v) is 6.12. The predicted molar refractivity (Wildman–Crippen MR) is 91.2 cm³/mol. The van der Waals surface area contributed by atoms with Crippen LogP contribution < -0.4 is 10.1 Å². The number of hydrogen-bond acceptors (Lipinski definition) is 6. The van der Waals surface area contributed by atoms with Crippen LogP contribution in [0.1, 0.15) is 19.4 Å². The van der Waals surface area contributed by atoms with Gasteiger partial charge in [-0.1, -0.05) is 17.4 Å². The molecule has 2 aromatic rings. The molecule has 2 N–H and O–H groups in total. The van der Waals surface area contributed by atoms with Crippen molar-refractivity contribution in [3.05, 3.63) is 35.8 Å². The molecule has 0 bridgehead atoms. The molecule has 132 valence electrons. The molecule has 1 heterocycles. The van der Waals surface area contributed by atoms with Crippen molar-refractivity contribution in [1.82, 2.24) is 9.88 Å². The Morgan fingerprint density at radius 3 is 3.00 bits per heavy atom. The molecule has 25 heavy (non-hydrogen) atoms. The van der Waals surface area contributed by atoms with Gasteiger partial charge in [0.05, 0.1) is 12.3 Å². The molecule has 2 amide bonds. The van der Waals surface area contributed by atoms with E-state index in [1.807, 2.05) is 0 Å². The maximum atomic E-state index is 13.6. The lowest BCUT2D eigenvalue weighted by Crippen LogP contribution is -2.39. The van der Waals surface area contributed by atoms with Gasteiger partial charge in [0.15, 0.2) is 5.13 Å². The molecule has 1 aromatic carbocycles. The summed E-state index contributed by atoms with van der Waals surface area (Å²) < 4.78 is 19.0. The van der Waals surface area contributed by atoms with Gasteiger partial charge in [-0.25, -0.2) is 14.2 Å². The van der Waals surface area contributed by atoms with Gasteiger partial charge >= 0.3 is 6.03 Å². The van der Waals surface area contributed by atoms with Gasteiger partial charge in [0.1, 0.15) is 23.2 Å². The summed E-state index contributed by atoms with van der Waals surface area (Å²) >= 11 is 1.04. The summed E-state index contributed by atoms with van der Waals surface area (Å²) in [6.45, 7) is 4.02. The third kappa shape index (κ3) is 4.89. The Bertz CT molecular complexity index is 788. The molecule has 0 aliphatic carbocycles. The standard InChI is InChI=1S/C16H17FN4O3S/c1-3-21(9-10(2)22)16(23)20-15-19-8-14(25-15)24-13-6-4-5-12(17)11(13)7-18/h4-6,8,10,22H,3,9H2,1-2H3,(H,19,20,23)/t10-/m0/s1. The number of aromatic nitrogens is 1. The van der Waals surface area contributed by atoms with E-state index >= 15 is 0 Å². The van der Waals surface area contributed by atoms with Crippen LogP contribution in [-0.4, -0.2) is 40.2 Å². The van der Waals surface area contributed by atoms with Crippen molar-refractivity contribution >= 4 is 22.5 Å². The highest BCUT2D eigenvalue weighted by Crippen LogP contribution is 2.32. The fraction of sp³-hybridized carbons (Fsp3) is 0.312. The van der Waals surface area contributed by atoms with Gasteiger partial charge < -0.3 is 14.7 Å². The molecule has 0 radical (unpaired) electrons. The molecule has 0 spiro atoms. The summed E-state index contributed by atoms with van der Waals surface area (Å²) in [6.07, 6.45) is 0.732. The summed E-state index contributed by atoms with van der Waals surface area (Å²) in [7, 11) is 0. The largest absolute Gasteiger partial charge is 0.443 e. The molecule has 2 rings (SSSR count). The lowest BCUT2D eigenvalue weighted by Gasteiger charge is -2.21. The first-order chi connectivity index (χ1) is 11.9. The smallest absolute Gasteiger partial charge is 0.323 e. The summed E-state index contributed by atoms with van der Waals surface area (Å²) in [5.74, 6) is -0.594. The normalized spacial score (nSPS) is 11.5. The number of nitriles is 1. The maximum Gasteiger partial charge on any atom is 0.323 e. The van der Waals surface area contributed by atoms with Crippen molar-refractivity contribution < 1.29 is 19.0 Å². The zero-order chi connectivity index (χ0) is 18.4. The lowest BCUT2D eigenvalue weighted by molar-refractivity contribution is 0.141. The SMILES string of the molecule is CCN(C[C@H](C)O)C(=O)Nc1ncc(Oc2cccc(F)c2C#N)s1. The van der Waals surface area contributed by atoms with E-state index in [0.717, 1.165) is 11.3 Å². The van der Waals surface area contributed by atoms with Crippen molar-refractivity contribution in [1.29, 1.82) is 5.26 Å². The van der Waals surface area contributed by atoms with Crippen molar-refractivity contribution in [2.45, 2.75) is 20.0 Å². The van der Waals surface area contributed by atoms with Gasteiger partial charge in [0, 0.05) is 13.1 Å². The van der Waals surface area contributed by atoms with Gasteiger partial charge in [-0.05, 0) is 26.0 Å². The highest BCUT2D eigenvalue weighted by Gasteiger charge is 2.16. The molecule has 0 saturated heterocycles. The Labute approximate surface area is 148 Å². The van der Waals surface area contributed by atoms with E-state index in [-0.39, 0.29) is 17.9 Å². The quantitative estimate of drug-likeness (QED) is 0.820. The molecule has 0 unspecified atom stereocenters. The summed E-state index contributed by atoms with van der Waals surface area (Å²) in [4.78, 5) is 17.6. The van der Waals surface area contributed by atoms with Crippen molar-refractivity contribution in [2.24, 2.45) is 0 Å². The highest BCUT2D eigenvalue weighted by atomic mass is 32.1. The van der Waals surface area contributed by atoms with E-state index in [2.05, 4.69) is 10.3 Å². The number of urea groups is 1. The minimum absolute atomic E-state index is 0.0771. The van der Waals surface area contributed by atoms with Crippen LogP contribution in [0.2, 0.25) is 0 Å². The number of ether oxygens (including phenoxy) is 1. The van der Waals surface area contributed by atoms with Crippen LogP contribution in [0.15, 0.2) is 24.4 Å². The Morgan fingerprint density at radius 2 is 2.36 bits per heavy atom. The Kier molecular flexibility index (Phi) is 6.27. The lowest BCUT2D eigenvalue weighted by atomic mass is 10.2. The van der Waals surface area contributed by atoms with E-state index in [1.54, 1.807) is 19.9 Å². The molecule has 9 heteroatoms. The van der Waals surface area contributed by atoms with Crippen LogP contribution in [0.3, 0.4) is 0 Å². The molecular formula is C16H17FN4O3S. The number of aliphatic hydroxyl groups excluding tert-OH is 1. The number of thiazole rings is 1. The summed E-state index contributed by atoms with van der Waals surface area (Å²) in [6, 6.07) is 5.43. The number of halogens is 1. The monoisotopic (exact) mass is 364 g/mol. The average molecular weight is 364 g/mol. The molecular weight excluding hydrogens is 347 g/mol. The van der Waals surface area contributed by atoms with E-state index in [1.165, 1.54) is 29.3 Å². The van der Waals surface area contributed by atoms with Gasteiger partial charge in [0.25, 0.3) is 0 Å². The Hall–Kier alpha value is -2.70. The molecule has 0 aliphatic heterocycles. The average Bonchev–Trinajstić information content (AvgIpc) is 2.99. The van der Waals surface area contributed by atoms with Crippen molar-refractivity contribution in [3.8, 4) is 16.9 Å². The number of carbonyl (C=O) groups excluding carboxylic acids is 1. The van der Waals surface area contributed by atoms with Crippen LogP contribution >= 0.6 is 11.3 Å². The number of likely N-dealkylation sites (N-methyl/N-ethyl adjacent to an activating group) is 1. The highest BCUT2D eigenvalue weighted by molar-refractivity contribution is 7.17. The molecule has 0 saturated carbocycles. The zero-order valence-electron chi connectivity index (χ0n) is 13.7. The van der Waals surface area contributed by atoms with Crippen molar-refractivity contribution in [2.75, 3.05) is 18.4 Å². The van der Waals surface area contributed by atoms with E-state index in [4.69, 9.17) is 10.00 Å². The van der Waals surface area contributed by atoms with E-state index in [9.17, 15) is 14.3 Å². The predicted octanol–water partition coefficient (Wildman–Crippen LogP) is 3.18. The minimum atomic E-state index is -0.672. The number of rotatable bonds is 6. The van der Waals surface area contributed by atoms with Gasteiger partial charge in [-0.2, -0.15) is 5.26 Å². The molecule has 0 fully saturated rings. The second kappa shape index (κ2) is 8.41. The first kappa shape index (κ1) is 18.6. The number of carbonyl (C=O) groups is 1. The number of aliphatic hydroxyl groups is 1. The van der Waals surface area contributed by atoms with Gasteiger partial charge in [-0.15, -0.1) is 0 Å². The number of nitrogens with zero attached hydrogens (tertiary/aromatic N) is 3. The maximum absolute atomic E-state index is 13.6.